The van der Waals surface area contributed by atoms with Crippen molar-refractivity contribution >= 4 is 22.3 Å². The van der Waals surface area contributed by atoms with E-state index in [-0.39, 0.29) is 16.9 Å². The summed E-state index contributed by atoms with van der Waals surface area (Å²) >= 11 is 0. The van der Waals surface area contributed by atoms with E-state index < -0.39 is 23.8 Å². The van der Waals surface area contributed by atoms with E-state index in [1.807, 2.05) is 4.90 Å². The maximum atomic E-state index is 15.0. The maximum absolute atomic E-state index is 15.0. The van der Waals surface area contributed by atoms with E-state index in [0.717, 1.165) is 19.0 Å². The van der Waals surface area contributed by atoms with Crippen LogP contribution >= 0.6 is 0 Å². The van der Waals surface area contributed by atoms with Crippen molar-refractivity contribution in [1.29, 1.82) is 0 Å². The smallest absolute Gasteiger partial charge is 0.266 e. The lowest BCUT2D eigenvalue weighted by Gasteiger charge is -2.58. The van der Waals surface area contributed by atoms with Crippen LogP contribution in [0.3, 0.4) is 0 Å². The molecule has 1 atom stereocenters. The SMILES string of the molecule is Cc1nnc(N[C@H](C)c2cccc(C(F)F)c2F)c2cc(N3CCC34COC4)c(F)cc12. The molecule has 0 bridgehead atoms. The Bertz CT molecular complexity index is 1190. The summed E-state index contributed by atoms with van der Waals surface area (Å²) in [5.74, 6) is -0.971. The number of halogens is 4. The summed E-state index contributed by atoms with van der Waals surface area (Å²) in [4.78, 5) is 2.01. The number of aryl methyl sites for hydroxylation is 1. The Balaban J connectivity index is 1.54. The Morgan fingerprint density at radius 2 is 1.84 bits per heavy atom. The summed E-state index contributed by atoms with van der Waals surface area (Å²) in [7, 11) is 0. The van der Waals surface area contributed by atoms with E-state index in [9.17, 15) is 13.2 Å². The summed E-state index contributed by atoms with van der Waals surface area (Å²) in [5, 5.41) is 12.6. The van der Waals surface area contributed by atoms with Crippen LogP contribution in [0.15, 0.2) is 30.3 Å². The fraction of sp³-hybridized carbons (Fsp3) is 0.391. The minimum atomic E-state index is -2.91. The first kappa shape index (κ1) is 20.9. The molecule has 168 valence electrons. The van der Waals surface area contributed by atoms with Gasteiger partial charge in [0.1, 0.15) is 11.6 Å². The lowest BCUT2D eigenvalue weighted by Crippen LogP contribution is -2.71. The summed E-state index contributed by atoms with van der Waals surface area (Å²) in [6.07, 6.45) is -1.97. The summed E-state index contributed by atoms with van der Waals surface area (Å²) in [6.45, 7) is 5.26. The number of aromatic nitrogens is 2. The second kappa shape index (κ2) is 7.58. The van der Waals surface area contributed by atoms with Crippen molar-refractivity contribution in [3.8, 4) is 0 Å². The van der Waals surface area contributed by atoms with Crippen molar-refractivity contribution in [2.45, 2.75) is 38.3 Å². The third kappa shape index (κ3) is 3.18. The summed E-state index contributed by atoms with van der Waals surface area (Å²) < 4.78 is 61.3. The maximum Gasteiger partial charge on any atom is 0.266 e. The minimum Gasteiger partial charge on any atom is -0.376 e. The molecule has 1 N–H and O–H groups in total. The van der Waals surface area contributed by atoms with E-state index in [0.29, 0.717) is 41.2 Å². The molecule has 0 amide bonds. The zero-order chi connectivity index (χ0) is 22.6. The van der Waals surface area contributed by atoms with Gasteiger partial charge in [0.2, 0.25) is 0 Å². The molecule has 1 spiro atoms. The van der Waals surface area contributed by atoms with Gasteiger partial charge in [-0.2, -0.15) is 5.10 Å². The van der Waals surface area contributed by atoms with Gasteiger partial charge in [-0.1, -0.05) is 18.2 Å². The highest BCUT2D eigenvalue weighted by molar-refractivity contribution is 5.96. The van der Waals surface area contributed by atoms with Crippen molar-refractivity contribution < 1.29 is 22.3 Å². The highest BCUT2D eigenvalue weighted by atomic mass is 19.3. The van der Waals surface area contributed by atoms with Crippen molar-refractivity contribution in [2.75, 3.05) is 30.0 Å². The quantitative estimate of drug-likeness (QED) is 0.539. The molecule has 2 aliphatic rings. The third-order valence-corrected chi connectivity index (χ3v) is 6.55. The molecule has 5 rings (SSSR count). The number of benzene rings is 2. The van der Waals surface area contributed by atoms with Crippen LogP contribution in [0.25, 0.3) is 10.8 Å². The Hall–Kier alpha value is -2.94. The fourth-order valence-corrected chi connectivity index (χ4v) is 4.51. The molecule has 0 aliphatic carbocycles. The Morgan fingerprint density at radius 1 is 1.09 bits per heavy atom. The first-order chi connectivity index (χ1) is 15.3. The lowest BCUT2D eigenvalue weighted by atomic mass is 9.82. The zero-order valence-electron chi connectivity index (χ0n) is 17.6. The van der Waals surface area contributed by atoms with Gasteiger partial charge in [-0.15, -0.1) is 5.10 Å². The standard InChI is InChI=1S/C23H22F4N4O/c1-12(14-4-3-5-15(20(14)25)21(26)27)28-22-17-9-19(31-7-6-23(31)10-32-11-23)18(24)8-16(17)13(2)29-30-22/h3-5,8-9,12,21H,6-7,10-11H2,1-2H3,(H,28,30)/t12-/m1/s1. The molecular weight excluding hydrogens is 424 g/mol. The van der Waals surface area contributed by atoms with Gasteiger partial charge < -0.3 is 15.0 Å². The number of fused-ring (bicyclic) bond motifs is 1. The Kier molecular flexibility index (Phi) is 4.96. The van der Waals surface area contributed by atoms with Crippen molar-refractivity contribution in [3.63, 3.8) is 0 Å². The van der Waals surface area contributed by atoms with Crippen molar-refractivity contribution in [3.05, 3.63) is 58.8 Å². The molecule has 0 saturated carbocycles. The monoisotopic (exact) mass is 446 g/mol. The van der Waals surface area contributed by atoms with Gasteiger partial charge in [-0.25, -0.2) is 17.6 Å². The number of ether oxygens (including phenoxy) is 1. The third-order valence-electron chi connectivity index (χ3n) is 6.55. The molecule has 2 aromatic carbocycles. The number of nitrogens with one attached hydrogen (secondary N) is 1. The molecule has 3 heterocycles. The summed E-state index contributed by atoms with van der Waals surface area (Å²) in [6, 6.07) is 6.42. The van der Waals surface area contributed by atoms with Crippen LogP contribution in [-0.4, -0.2) is 35.5 Å². The molecule has 0 radical (unpaired) electrons. The van der Waals surface area contributed by atoms with Crippen LogP contribution in [0.5, 0.6) is 0 Å². The number of nitrogens with zero attached hydrogens (tertiary/aromatic N) is 3. The second-order valence-electron chi connectivity index (χ2n) is 8.52. The van der Waals surface area contributed by atoms with Gasteiger partial charge in [0.05, 0.1) is 41.7 Å². The van der Waals surface area contributed by atoms with Gasteiger partial charge >= 0.3 is 0 Å². The van der Waals surface area contributed by atoms with Crippen LogP contribution in [0.2, 0.25) is 0 Å². The lowest BCUT2D eigenvalue weighted by molar-refractivity contribution is -0.0850. The predicted molar refractivity (Wildman–Crippen MR) is 113 cm³/mol. The molecule has 9 heteroatoms. The van der Waals surface area contributed by atoms with Crippen LogP contribution < -0.4 is 10.2 Å². The van der Waals surface area contributed by atoms with E-state index in [2.05, 4.69) is 15.5 Å². The van der Waals surface area contributed by atoms with Gasteiger partial charge in [0.15, 0.2) is 5.82 Å². The molecular formula is C23H22F4N4O. The van der Waals surface area contributed by atoms with E-state index in [4.69, 9.17) is 4.74 Å². The molecule has 5 nitrogen and oxygen atoms in total. The first-order valence-corrected chi connectivity index (χ1v) is 10.5. The highest BCUT2D eigenvalue weighted by Crippen LogP contribution is 2.43. The molecule has 32 heavy (non-hydrogen) atoms. The second-order valence-corrected chi connectivity index (χ2v) is 8.52. The van der Waals surface area contributed by atoms with Gasteiger partial charge in [-0.05, 0) is 32.4 Å². The molecule has 1 aromatic heterocycles. The Morgan fingerprint density at radius 3 is 2.47 bits per heavy atom. The number of hydrogen-bond donors (Lipinski definition) is 1. The molecule has 3 aromatic rings. The van der Waals surface area contributed by atoms with Crippen LogP contribution in [0.4, 0.5) is 29.1 Å². The van der Waals surface area contributed by atoms with Crippen LogP contribution in [-0.2, 0) is 4.74 Å². The van der Waals surface area contributed by atoms with E-state index in [1.54, 1.807) is 19.9 Å². The van der Waals surface area contributed by atoms with Crippen LogP contribution in [0, 0.1) is 18.6 Å². The molecule has 2 aliphatic heterocycles. The fourth-order valence-electron chi connectivity index (χ4n) is 4.51. The number of alkyl halides is 2. The van der Waals surface area contributed by atoms with Gasteiger partial charge in [0.25, 0.3) is 6.43 Å². The summed E-state index contributed by atoms with van der Waals surface area (Å²) in [5.41, 5.74) is 0.310. The van der Waals surface area contributed by atoms with Crippen LogP contribution in [0.1, 0.15) is 42.6 Å². The number of rotatable bonds is 5. The topological polar surface area (TPSA) is 50.3 Å². The van der Waals surface area contributed by atoms with E-state index in [1.165, 1.54) is 18.2 Å². The van der Waals surface area contributed by atoms with E-state index >= 15 is 4.39 Å². The average molecular weight is 446 g/mol. The largest absolute Gasteiger partial charge is 0.376 e. The normalized spacial score (nSPS) is 18.0. The highest BCUT2D eigenvalue weighted by Gasteiger charge is 2.51. The minimum absolute atomic E-state index is 0.0916. The number of anilines is 2. The molecule has 2 fully saturated rings. The predicted octanol–water partition coefficient (Wildman–Crippen LogP) is 5.31. The van der Waals surface area contributed by atoms with Crippen molar-refractivity contribution in [2.24, 2.45) is 0 Å². The Labute approximate surface area is 182 Å². The van der Waals surface area contributed by atoms with Gasteiger partial charge in [-0.3, -0.25) is 0 Å². The van der Waals surface area contributed by atoms with Gasteiger partial charge in [0, 0.05) is 22.9 Å². The first-order valence-electron chi connectivity index (χ1n) is 10.5. The average Bonchev–Trinajstić information content (AvgIpc) is 2.69. The van der Waals surface area contributed by atoms with Crippen molar-refractivity contribution in [1.82, 2.24) is 10.2 Å². The zero-order valence-corrected chi connectivity index (χ0v) is 17.6. The molecule has 2 saturated heterocycles. The molecule has 0 unspecified atom stereocenters. The number of hydrogen-bond acceptors (Lipinski definition) is 5.